The van der Waals surface area contributed by atoms with E-state index >= 15 is 0 Å². The lowest BCUT2D eigenvalue weighted by atomic mass is 9.93. The largest absolute Gasteiger partial charge is 0.292 e. The summed E-state index contributed by atoms with van der Waals surface area (Å²) in [6.07, 6.45) is 0. The smallest absolute Gasteiger partial charge is 0.160 e. The zero-order valence-electron chi connectivity index (χ0n) is 79.1. The van der Waals surface area contributed by atoms with Gasteiger partial charge in [-0.05, 0) is 216 Å². The Morgan fingerprint density at radius 3 is 0.759 bits per heavy atom. The van der Waals surface area contributed by atoms with Crippen molar-refractivity contribution in [3.05, 3.63) is 510 Å². The van der Waals surface area contributed by atoms with Crippen LogP contribution in [0.15, 0.2) is 510 Å². The van der Waals surface area contributed by atoms with E-state index in [1.54, 1.807) is 24.3 Å². The first-order valence-corrected chi connectivity index (χ1v) is 47.1. The Labute approximate surface area is 817 Å². The third-order valence-electron chi connectivity index (χ3n) is 26.3. The SMILES string of the molecule is [2H]c1ccc(-c2nc3ccccc3n2-c2ccc(-c3nc(-c4cc5ccccc5c5ccccc45)cc(-c4cc5ccccc5c5ccccc45)n3)cc2)cc1.[2H]c1ccc(-c2nc3ccccc3n2-c2ccc(-c3nc(-c4ccc5ccccc5c4)cc(-c4ccc5ccccc5c4)n3)cc2)cc1.[2H]c1ccc(-c2nc3ccccc3n2-c2ccc(-c3nc(-c4ccccc4)cc(-c4ccccc4)n3)cc2)cc1. The maximum Gasteiger partial charge on any atom is 0.160 e. The van der Waals surface area contributed by atoms with Crippen LogP contribution in [0.5, 0.6) is 0 Å². The molecule has 6 aromatic heterocycles. The van der Waals surface area contributed by atoms with Gasteiger partial charge in [0.1, 0.15) is 17.5 Å². The van der Waals surface area contributed by atoms with E-state index in [2.05, 4.69) is 341 Å². The standard InChI is InChI=1S/C51H32N4.C43H28N4.C35H24N4/c1-2-14-34(15-3-1)51-54-46-24-12-13-25-49(46)55(51)37-28-26-33(27-29-37)50-52-47(44-30-35-16-4-6-18-38(35)40-20-8-10-22-42(40)44)32-48(53-50)45-31-36-17-5-7-19-39(36)41-21-9-11-23-43(41)45;1-2-12-32(13-3-1)43-46-38-16-8-9-17-41(38)47(43)37-24-22-31(23-25-37)42-44-39(35-20-18-29-10-4-6-14-33(29)26-35)28-40(45-42)36-21-19-30-11-5-7-15-34(30)27-36;1-4-12-25(13-5-1)31-24-32(26-14-6-2-7-15-26)37-34(36-31)27-20-22-29(23-21-27)39-33-19-11-10-18-30(33)38-35(39)28-16-8-3-9-17-28/h1-32H;1-28H;1-24H/i2*1D;3D. The number of fused-ring (bicyclic) bond motifs is 11. The number of aromatic nitrogens is 12. The summed E-state index contributed by atoms with van der Waals surface area (Å²) in [6, 6.07) is 169. The molecule has 0 saturated carbocycles. The molecular weight excluding hydrogens is 1720 g/mol. The Morgan fingerprint density at radius 2 is 0.411 bits per heavy atom. The van der Waals surface area contributed by atoms with E-state index in [1.165, 1.54) is 53.9 Å². The van der Waals surface area contributed by atoms with Gasteiger partial charge in [-0.1, -0.05) is 358 Å². The van der Waals surface area contributed by atoms with Crippen molar-refractivity contribution in [1.82, 2.24) is 58.6 Å². The van der Waals surface area contributed by atoms with Crippen LogP contribution >= 0.6 is 0 Å². The molecule has 141 heavy (non-hydrogen) atoms. The fourth-order valence-corrected chi connectivity index (χ4v) is 19.4. The molecule has 27 rings (SSSR count). The lowest BCUT2D eigenvalue weighted by Crippen LogP contribution is -1.99. The lowest BCUT2D eigenvalue weighted by Gasteiger charge is -2.15. The van der Waals surface area contributed by atoms with E-state index in [9.17, 15) is 0 Å². The number of rotatable bonds is 15. The average Bonchev–Trinajstić information content (AvgIpc) is 1.25. The maximum absolute atomic E-state index is 8.04. The van der Waals surface area contributed by atoms with Crippen LogP contribution in [0.3, 0.4) is 0 Å². The fraction of sp³-hybridized carbons (Fsp3) is 0. The molecule has 27 aromatic rings. The van der Waals surface area contributed by atoms with Crippen LogP contribution in [-0.2, 0) is 0 Å². The molecule has 0 radical (unpaired) electrons. The summed E-state index contributed by atoms with van der Waals surface area (Å²) in [4.78, 5) is 45.9. The normalized spacial score (nSPS) is 11.7. The molecule has 0 aliphatic heterocycles. The first-order chi connectivity index (χ1) is 71.0. The summed E-state index contributed by atoms with van der Waals surface area (Å²) in [6.45, 7) is 0. The Bertz CT molecular complexity index is 9300. The Balaban J connectivity index is 0.000000115. The summed E-state index contributed by atoms with van der Waals surface area (Å²) in [7, 11) is 0. The molecule has 0 bridgehead atoms. The number of imidazole rings is 3. The predicted octanol–water partition coefficient (Wildman–Crippen LogP) is 32.4. The summed E-state index contributed by atoms with van der Waals surface area (Å²) < 4.78 is 30.4. The third-order valence-corrected chi connectivity index (χ3v) is 26.3. The second-order valence-electron chi connectivity index (χ2n) is 34.9. The van der Waals surface area contributed by atoms with Gasteiger partial charge in [0.2, 0.25) is 0 Å². The second-order valence-corrected chi connectivity index (χ2v) is 34.9. The number of hydrogen-bond acceptors (Lipinski definition) is 9. The van der Waals surface area contributed by atoms with E-state index in [1.807, 2.05) is 140 Å². The van der Waals surface area contributed by atoms with E-state index < -0.39 is 0 Å². The van der Waals surface area contributed by atoms with Gasteiger partial charge in [-0.3, -0.25) is 13.7 Å². The minimum atomic E-state index is 0.468. The van der Waals surface area contributed by atoms with Crippen LogP contribution in [-0.4, -0.2) is 58.6 Å². The molecule has 0 N–H and O–H groups in total. The first-order valence-electron chi connectivity index (χ1n) is 48.6. The van der Waals surface area contributed by atoms with E-state index in [4.69, 9.17) is 49.0 Å². The highest BCUT2D eigenvalue weighted by molar-refractivity contribution is 6.16. The fourth-order valence-electron chi connectivity index (χ4n) is 19.4. The first kappa shape index (κ1) is 80.3. The lowest BCUT2D eigenvalue weighted by molar-refractivity contribution is 1.10. The van der Waals surface area contributed by atoms with Gasteiger partial charge in [0.25, 0.3) is 0 Å². The number of hydrogen-bond donors (Lipinski definition) is 0. The van der Waals surface area contributed by atoms with Gasteiger partial charge in [0.05, 0.1) is 71.4 Å². The van der Waals surface area contributed by atoms with Crippen molar-refractivity contribution >= 4 is 97.7 Å². The van der Waals surface area contributed by atoms with Crippen molar-refractivity contribution in [1.29, 1.82) is 0 Å². The third kappa shape index (κ3) is 16.3. The molecular formula is C129H84N12. The molecule has 12 heteroatoms. The van der Waals surface area contributed by atoms with Crippen LogP contribution < -0.4 is 0 Å². The summed E-state index contributed by atoms with van der Waals surface area (Å²) in [5.41, 5.74) is 26.0. The van der Waals surface area contributed by atoms with Crippen LogP contribution in [0.25, 0.3) is 251 Å². The van der Waals surface area contributed by atoms with Gasteiger partial charge in [0, 0.05) is 83.8 Å². The monoisotopic (exact) mass is 1800 g/mol. The highest BCUT2D eigenvalue weighted by Crippen LogP contribution is 2.43. The Morgan fingerprint density at radius 1 is 0.156 bits per heavy atom. The van der Waals surface area contributed by atoms with Gasteiger partial charge in [0.15, 0.2) is 17.5 Å². The molecule has 21 aromatic carbocycles. The molecule has 0 amide bonds. The van der Waals surface area contributed by atoms with Crippen molar-refractivity contribution in [2.45, 2.75) is 0 Å². The minimum absolute atomic E-state index is 0.468. The molecule has 0 fully saturated rings. The van der Waals surface area contributed by atoms with Crippen molar-refractivity contribution < 1.29 is 4.11 Å². The van der Waals surface area contributed by atoms with Crippen molar-refractivity contribution in [3.8, 4) is 153 Å². The van der Waals surface area contributed by atoms with E-state index in [0.717, 1.165) is 179 Å². The van der Waals surface area contributed by atoms with Gasteiger partial charge in [-0.2, -0.15) is 0 Å². The molecule has 0 aliphatic rings. The number of benzene rings is 21. The topological polar surface area (TPSA) is 131 Å². The zero-order valence-corrected chi connectivity index (χ0v) is 76.1. The minimum Gasteiger partial charge on any atom is -0.292 e. The summed E-state index contributed by atoms with van der Waals surface area (Å²) in [5, 5.41) is 14.2. The van der Waals surface area contributed by atoms with Gasteiger partial charge in [-0.15, -0.1) is 0 Å². The van der Waals surface area contributed by atoms with Gasteiger partial charge >= 0.3 is 0 Å². The molecule has 0 aliphatic carbocycles. The second kappa shape index (κ2) is 36.6. The Kier molecular flexibility index (Phi) is 20.8. The van der Waals surface area contributed by atoms with Gasteiger partial charge < -0.3 is 0 Å². The van der Waals surface area contributed by atoms with E-state index in [0.29, 0.717) is 35.6 Å². The van der Waals surface area contributed by atoms with Crippen molar-refractivity contribution in [2.75, 3.05) is 0 Å². The highest BCUT2D eigenvalue weighted by atomic mass is 15.1. The molecule has 660 valence electrons. The molecule has 0 unspecified atom stereocenters. The molecule has 0 saturated heterocycles. The molecule has 6 heterocycles. The number of nitrogens with zero attached hydrogens (tertiary/aromatic N) is 12. The highest BCUT2D eigenvalue weighted by Gasteiger charge is 2.24. The quantitative estimate of drug-likeness (QED) is 0.0921. The molecule has 0 atom stereocenters. The molecule has 0 spiro atoms. The van der Waals surface area contributed by atoms with Crippen LogP contribution in [0.1, 0.15) is 4.11 Å². The van der Waals surface area contributed by atoms with Crippen molar-refractivity contribution in [2.24, 2.45) is 0 Å². The summed E-state index contributed by atoms with van der Waals surface area (Å²) >= 11 is 0. The predicted molar refractivity (Wildman–Crippen MR) is 580 cm³/mol. The average molecular weight is 1810 g/mol. The van der Waals surface area contributed by atoms with Crippen LogP contribution in [0, 0.1) is 0 Å². The zero-order chi connectivity index (χ0) is 96.1. The Hall–Kier alpha value is -19.2. The van der Waals surface area contributed by atoms with Crippen LogP contribution in [0.2, 0.25) is 0 Å². The molecule has 12 nitrogen and oxygen atoms in total. The van der Waals surface area contributed by atoms with Crippen LogP contribution in [0.4, 0.5) is 0 Å². The van der Waals surface area contributed by atoms with Crippen molar-refractivity contribution in [3.63, 3.8) is 0 Å². The van der Waals surface area contributed by atoms with E-state index in [-0.39, 0.29) is 0 Å². The number of para-hydroxylation sites is 6. The van der Waals surface area contributed by atoms with Gasteiger partial charge in [-0.25, -0.2) is 44.9 Å². The summed E-state index contributed by atoms with van der Waals surface area (Å²) in [5.74, 6) is 4.48. The maximum atomic E-state index is 8.04.